The summed E-state index contributed by atoms with van der Waals surface area (Å²) in [6.07, 6.45) is 3.01. The molecule has 1 N–H and O–H groups in total. The van der Waals surface area contributed by atoms with Gasteiger partial charge in [0, 0.05) is 19.4 Å². The van der Waals surface area contributed by atoms with Gasteiger partial charge in [0.15, 0.2) is 0 Å². The number of aryl methyl sites for hydroxylation is 3. The van der Waals surface area contributed by atoms with Gasteiger partial charge in [-0.15, -0.1) is 10.2 Å². The topological polar surface area (TPSA) is 90.5 Å². The van der Waals surface area contributed by atoms with Crippen LogP contribution in [0.4, 0.5) is 5.13 Å². The van der Waals surface area contributed by atoms with Crippen molar-refractivity contribution in [2.24, 2.45) is 5.92 Å². The molecule has 3 rings (SSSR count). The molecule has 0 saturated heterocycles. The van der Waals surface area contributed by atoms with Crippen LogP contribution in [0.25, 0.3) is 11.0 Å². The van der Waals surface area contributed by atoms with Crippen LogP contribution in [-0.2, 0) is 24.3 Å². The van der Waals surface area contributed by atoms with E-state index in [4.69, 9.17) is 0 Å². The number of fused-ring (bicyclic) bond motifs is 1. The Balaban J connectivity index is 1.61. The van der Waals surface area contributed by atoms with Gasteiger partial charge in [-0.3, -0.25) is 14.2 Å². The molecule has 0 aromatic carbocycles. The van der Waals surface area contributed by atoms with Crippen LogP contribution in [-0.4, -0.2) is 35.7 Å². The van der Waals surface area contributed by atoms with Crippen LogP contribution in [0.5, 0.6) is 0 Å². The molecule has 0 aliphatic carbocycles. The SMILES string of the molecule is CCn1nc(C)c2c1cnn2CCC(=O)Nc1nnc(CC(C)C)s1. The van der Waals surface area contributed by atoms with Crippen molar-refractivity contribution < 1.29 is 4.79 Å². The summed E-state index contributed by atoms with van der Waals surface area (Å²) < 4.78 is 3.76. The van der Waals surface area contributed by atoms with E-state index in [1.54, 1.807) is 6.20 Å². The highest BCUT2D eigenvalue weighted by Crippen LogP contribution is 2.20. The average Bonchev–Trinajstić information content (AvgIpc) is 3.23. The zero-order valence-corrected chi connectivity index (χ0v) is 15.8. The first-order valence-electron chi connectivity index (χ1n) is 8.49. The first-order chi connectivity index (χ1) is 12.0. The zero-order valence-electron chi connectivity index (χ0n) is 15.0. The minimum atomic E-state index is -0.0866. The molecule has 0 aliphatic rings. The van der Waals surface area contributed by atoms with Gasteiger partial charge in [-0.1, -0.05) is 25.2 Å². The van der Waals surface area contributed by atoms with Gasteiger partial charge in [-0.2, -0.15) is 10.2 Å². The molecule has 0 spiro atoms. The van der Waals surface area contributed by atoms with E-state index in [2.05, 4.69) is 39.6 Å². The van der Waals surface area contributed by atoms with Crippen LogP contribution in [0, 0.1) is 12.8 Å². The molecule has 3 heterocycles. The van der Waals surface area contributed by atoms with Crippen molar-refractivity contribution in [3.63, 3.8) is 0 Å². The van der Waals surface area contributed by atoms with E-state index >= 15 is 0 Å². The van der Waals surface area contributed by atoms with E-state index in [-0.39, 0.29) is 5.91 Å². The van der Waals surface area contributed by atoms with Crippen LogP contribution < -0.4 is 5.32 Å². The van der Waals surface area contributed by atoms with E-state index in [0.29, 0.717) is 24.0 Å². The highest BCUT2D eigenvalue weighted by molar-refractivity contribution is 7.15. The zero-order chi connectivity index (χ0) is 18.0. The summed E-state index contributed by atoms with van der Waals surface area (Å²) in [5, 5.41) is 21.3. The summed E-state index contributed by atoms with van der Waals surface area (Å²) in [6.45, 7) is 9.58. The molecule has 8 nitrogen and oxygen atoms in total. The Morgan fingerprint density at radius 2 is 2.12 bits per heavy atom. The number of amides is 1. The van der Waals surface area contributed by atoms with Crippen LogP contribution in [0.15, 0.2) is 6.20 Å². The highest BCUT2D eigenvalue weighted by Gasteiger charge is 2.14. The molecular formula is C16H23N7OS. The number of nitrogens with zero attached hydrogens (tertiary/aromatic N) is 6. The Morgan fingerprint density at radius 1 is 1.32 bits per heavy atom. The summed E-state index contributed by atoms with van der Waals surface area (Å²) in [6, 6.07) is 0. The number of carbonyl (C=O) groups is 1. The number of rotatable bonds is 7. The molecule has 0 bridgehead atoms. The maximum atomic E-state index is 12.2. The lowest BCUT2D eigenvalue weighted by Gasteiger charge is -2.03. The number of hydrogen-bond donors (Lipinski definition) is 1. The van der Waals surface area contributed by atoms with Crippen molar-refractivity contribution in [1.82, 2.24) is 29.8 Å². The summed E-state index contributed by atoms with van der Waals surface area (Å²) in [5.41, 5.74) is 2.92. The molecule has 25 heavy (non-hydrogen) atoms. The second kappa shape index (κ2) is 7.30. The lowest BCUT2D eigenvalue weighted by molar-refractivity contribution is -0.116. The van der Waals surface area contributed by atoms with E-state index in [1.807, 2.05) is 23.2 Å². The molecule has 0 fully saturated rings. The number of hydrogen-bond acceptors (Lipinski definition) is 6. The molecule has 3 aromatic heterocycles. The fourth-order valence-electron chi connectivity index (χ4n) is 2.75. The second-order valence-electron chi connectivity index (χ2n) is 6.40. The minimum absolute atomic E-state index is 0.0866. The largest absolute Gasteiger partial charge is 0.300 e. The van der Waals surface area contributed by atoms with Crippen molar-refractivity contribution in [3.05, 3.63) is 16.9 Å². The molecule has 3 aromatic rings. The molecule has 0 saturated carbocycles. The normalized spacial score (nSPS) is 11.6. The van der Waals surface area contributed by atoms with Gasteiger partial charge in [0.25, 0.3) is 0 Å². The van der Waals surface area contributed by atoms with Gasteiger partial charge in [0.05, 0.1) is 18.4 Å². The van der Waals surface area contributed by atoms with E-state index in [1.165, 1.54) is 11.3 Å². The van der Waals surface area contributed by atoms with Crippen molar-refractivity contribution >= 4 is 33.4 Å². The Hall–Kier alpha value is -2.29. The predicted octanol–water partition coefficient (Wildman–Crippen LogP) is 2.64. The third kappa shape index (κ3) is 3.87. The van der Waals surface area contributed by atoms with E-state index < -0.39 is 0 Å². The minimum Gasteiger partial charge on any atom is -0.300 e. The Labute approximate surface area is 150 Å². The van der Waals surface area contributed by atoms with Gasteiger partial charge >= 0.3 is 0 Å². The molecule has 0 aliphatic heterocycles. The average molecular weight is 361 g/mol. The van der Waals surface area contributed by atoms with Crippen LogP contribution in [0.1, 0.15) is 37.9 Å². The number of nitrogens with one attached hydrogen (secondary N) is 1. The van der Waals surface area contributed by atoms with Crippen molar-refractivity contribution in [3.8, 4) is 0 Å². The summed E-state index contributed by atoms with van der Waals surface area (Å²) in [4.78, 5) is 12.2. The summed E-state index contributed by atoms with van der Waals surface area (Å²) in [7, 11) is 0. The van der Waals surface area contributed by atoms with Crippen molar-refractivity contribution in [2.75, 3.05) is 5.32 Å². The fourth-order valence-corrected chi connectivity index (χ4v) is 3.72. The lowest BCUT2D eigenvalue weighted by Crippen LogP contribution is -2.15. The second-order valence-corrected chi connectivity index (χ2v) is 7.46. The first-order valence-corrected chi connectivity index (χ1v) is 9.30. The third-order valence-electron chi connectivity index (χ3n) is 3.86. The molecule has 134 valence electrons. The fraction of sp³-hybridized carbons (Fsp3) is 0.562. The van der Waals surface area contributed by atoms with Gasteiger partial charge in [-0.05, 0) is 19.8 Å². The highest BCUT2D eigenvalue weighted by atomic mass is 32.1. The molecular weight excluding hydrogens is 338 g/mol. The Morgan fingerprint density at radius 3 is 2.84 bits per heavy atom. The lowest BCUT2D eigenvalue weighted by atomic mass is 10.1. The maximum Gasteiger partial charge on any atom is 0.228 e. The number of carbonyl (C=O) groups excluding carboxylic acids is 1. The van der Waals surface area contributed by atoms with Gasteiger partial charge in [0.2, 0.25) is 11.0 Å². The first kappa shape index (κ1) is 17.5. The standard InChI is InChI=1S/C16H23N7OS/c1-5-22-12-9-17-23(15(12)11(4)21-22)7-6-13(24)18-16-20-19-14(25-16)8-10(2)3/h9-10H,5-8H2,1-4H3,(H,18,20,24). The van der Waals surface area contributed by atoms with E-state index in [0.717, 1.165) is 34.7 Å². The smallest absolute Gasteiger partial charge is 0.228 e. The van der Waals surface area contributed by atoms with Gasteiger partial charge in [-0.25, -0.2) is 0 Å². The van der Waals surface area contributed by atoms with Gasteiger partial charge in [0.1, 0.15) is 16.0 Å². The molecule has 0 atom stereocenters. The third-order valence-corrected chi connectivity index (χ3v) is 4.72. The molecule has 0 radical (unpaired) electrons. The van der Waals surface area contributed by atoms with Crippen LogP contribution >= 0.6 is 11.3 Å². The van der Waals surface area contributed by atoms with Crippen molar-refractivity contribution in [1.29, 1.82) is 0 Å². The maximum absolute atomic E-state index is 12.2. The molecule has 0 unspecified atom stereocenters. The monoisotopic (exact) mass is 361 g/mol. The Kier molecular flexibility index (Phi) is 5.12. The van der Waals surface area contributed by atoms with Crippen LogP contribution in [0.3, 0.4) is 0 Å². The predicted molar refractivity (Wildman–Crippen MR) is 97.6 cm³/mol. The summed E-state index contributed by atoms with van der Waals surface area (Å²) in [5.74, 6) is 0.433. The molecule has 9 heteroatoms. The quantitative estimate of drug-likeness (QED) is 0.698. The Bertz CT molecular complexity index is 876. The number of aromatic nitrogens is 6. The van der Waals surface area contributed by atoms with E-state index in [9.17, 15) is 4.79 Å². The summed E-state index contributed by atoms with van der Waals surface area (Å²) >= 11 is 1.43. The molecule has 1 amide bonds. The number of anilines is 1. The van der Waals surface area contributed by atoms with Gasteiger partial charge < -0.3 is 5.32 Å². The van der Waals surface area contributed by atoms with Crippen LogP contribution in [0.2, 0.25) is 0 Å². The van der Waals surface area contributed by atoms with Crippen molar-refractivity contribution in [2.45, 2.75) is 53.6 Å².